The molecule has 0 aromatic heterocycles. The average Bonchev–Trinajstić information content (AvgIpc) is 2.69. The van der Waals surface area contributed by atoms with Crippen molar-refractivity contribution in [1.29, 1.82) is 0 Å². The Labute approximate surface area is 113 Å². The highest BCUT2D eigenvalue weighted by Gasteiger charge is 2.30. The zero-order chi connectivity index (χ0) is 14.0. The van der Waals surface area contributed by atoms with E-state index >= 15 is 0 Å². The normalized spacial score (nSPS) is 23.4. The van der Waals surface area contributed by atoms with Gasteiger partial charge < -0.3 is 0 Å². The highest BCUT2D eigenvalue weighted by Crippen LogP contribution is 2.30. The van der Waals surface area contributed by atoms with Gasteiger partial charge in [-0.2, -0.15) is 0 Å². The lowest BCUT2D eigenvalue weighted by Crippen LogP contribution is -2.30. The number of aryl methyl sites for hydroxylation is 1. The molecule has 0 bridgehead atoms. The molecule has 0 radical (unpaired) electrons. The molecule has 0 spiro atoms. The molecule has 19 heavy (non-hydrogen) atoms. The van der Waals surface area contributed by atoms with Crippen molar-refractivity contribution in [1.82, 2.24) is 5.43 Å². The van der Waals surface area contributed by atoms with E-state index in [1.165, 1.54) is 12.1 Å². The van der Waals surface area contributed by atoms with E-state index in [4.69, 9.17) is 5.84 Å². The Morgan fingerprint density at radius 1 is 1.53 bits per heavy atom. The van der Waals surface area contributed by atoms with Crippen molar-refractivity contribution in [3.63, 3.8) is 0 Å². The van der Waals surface area contributed by atoms with Gasteiger partial charge in [0.2, 0.25) is 0 Å². The molecule has 0 saturated carbocycles. The van der Waals surface area contributed by atoms with Gasteiger partial charge >= 0.3 is 0 Å². The summed E-state index contributed by atoms with van der Waals surface area (Å²) in [6, 6.07) is 4.37. The van der Waals surface area contributed by atoms with E-state index in [-0.39, 0.29) is 29.3 Å². The van der Waals surface area contributed by atoms with Gasteiger partial charge in [-0.25, -0.2) is 12.8 Å². The van der Waals surface area contributed by atoms with Gasteiger partial charge in [-0.15, -0.1) is 0 Å². The minimum Gasteiger partial charge on any atom is -0.271 e. The predicted octanol–water partition coefficient (Wildman–Crippen LogP) is 1.46. The Kier molecular flexibility index (Phi) is 4.23. The third-order valence-electron chi connectivity index (χ3n) is 3.71. The second kappa shape index (κ2) is 5.56. The number of rotatable bonds is 4. The lowest BCUT2D eigenvalue weighted by atomic mass is 9.92. The van der Waals surface area contributed by atoms with Crippen LogP contribution >= 0.6 is 0 Å². The second-order valence-electron chi connectivity index (χ2n) is 5.22. The molecule has 1 aromatic carbocycles. The van der Waals surface area contributed by atoms with Crippen LogP contribution in [0.15, 0.2) is 18.2 Å². The largest absolute Gasteiger partial charge is 0.271 e. The van der Waals surface area contributed by atoms with E-state index in [9.17, 15) is 12.8 Å². The topological polar surface area (TPSA) is 72.2 Å². The molecule has 0 amide bonds. The van der Waals surface area contributed by atoms with Crippen LogP contribution in [-0.2, 0) is 9.84 Å². The number of nitrogens with one attached hydrogen (secondary N) is 1. The minimum atomic E-state index is -2.89. The molecule has 1 aliphatic rings. The Hall–Kier alpha value is -0.980. The summed E-state index contributed by atoms with van der Waals surface area (Å²) in [4.78, 5) is 0. The van der Waals surface area contributed by atoms with Crippen LogP contribution in [0.25, 0.3) is 0 Å². The fourth-order valence-electron chi connectivity index (χ4n) is 2.66. The molecule has 1 aromatic rings. The zero-order valence-electron chi connectivity index (χ0n) is 10.9. The molecule has 6 heteroatoms. The van der Waals surface area contributed by atoms with E-state index in [1.807, 2.05) is 6.92 Å². The summed E-state index contributed by atoms with van der Waals surface area (Å²) in [6.45, 7) is 1.89. The minimum absolute atomic E-state index is 0.0914. The Balaban J connectivity index is 2.14. The highest BCUT2D eigenvalue weighted by molar-refractivity contribution is 7.91. The monoisotopic (exact) mass is 286 g/mol. The van der Waals surface area contributed by atoms with E-state index in [1.54, 1.807) is 6.07 Å². The van der Waals surface area contributed by atoms with Gasteiger partial charge in [0.15, 0.2) is 9.84 Å². The quantitative estimate of drug-likeness (QED) is 0.649. The van der Waals surface area contributed by atoms with Crippen LogP contribution in [0.2, 0.25) is 0 Å². The number of sulfone groups is 1. The standard InChI is InChI=1S/C13H19FN2O2S/c1-9-2-3-11(14)7-12(9)13(16-15)6-10-4-5-19(17,18)8-10/h2-3,7,10,13,16H,4-6,8,15H2,1H3. The van der Waals surface area contributed by atoms with Crippen LogP contribution in [0.4, 0.5) is 4.39 Å². The summed E-state index contributed by atoms with van der Waals surface area (Å²) in [5, 5.41) is 0. The number of hydrogen-bond acceptors (Lipinski definition) is 4. The maximum absolute atomic E-state index is 13.3. The maximum atomic E-state index is 13.3. The van der Waals surface area contributed by atoms with Crippen molar-refractivity contribution in [3.05, 3.63) is 35.1 Å². The molecular formula is C13H19FN2O2S. The molecular weight excluding hydrogens is 267 g/mol. The van der Waals surface area contributed by atoms with Crippen LogP contribution in [0.5, 0.6) is 0 Å². The van der Waals surface area contributed by atoms with E-state index < -0.39 is 9.84 Å². The molecule has 2 atom stereocenters. The maximum Gasteiger partial charge on any atom is 0.150 e. The van der Waals surface area contributed by atoms with Gasteiger partial charge in [0, 0.05) is 6.04 Å². The third kappa shape index (κ3) is 3.52. The van der Waals surface area contributed by atoms with Gasteiger partial charge in [0.05, 0.1) is 11.5 Å². The SMILES string of the molecule is Cc1ccc(F)cc1C(CC1CCS(=O)(=O)C1)NN. The van der Waals surface area contributed by atoms with Crippen LogP contribution in [0.3, 0.4) is 0 Å². The number of hydrazine groups is 1. The first-order valence-electron chi connectivity index (χ1n) is 6.34. The van der Waals surface area contributed by atoms with Gasteiger partial charge in [-0.05, 0) is 48.9 Å². The van der Waals surface area contributed by atoms with E-state index in [0.29, 0.717) is 12.8 Å². The van der Waals surface area contributed by atoms with Crippen molar-refractivity contribution < 1.29 is 12.8 Å². The van der Waals surface area contributed by atoms with Crippen molar-refractivity contribution in [2.75, 3.05) is 11.5 Å². The fourth-order valence-corrected chi connectivity index (χ4v) is 4.54. The molecule has 2 unspecified atom stereocenters. The molecule has 1 heterocycles. The fraction of sp³-hybridized carbons (Fsp3) is 0.538. The number of benzene rings is 1. The van der Waals surface area contributed by atoms with Gasteiger partial charge in [0.1, 0.15) is 5.82 Å². The molecule has 3 N–H and O–H groups in total. The van der Waals surface area contributed by atoms with Gasteiger partial charge in [0.25, 0.3) is 0 Å². The molecule has 1 aliphatic heterocycles. The van der Waals surface area contributed by atoms with Crippen LogP contribution in [0, 0.1) is 18.7 Å². The van der Waals surface area contributed by atoms with Gasteiger partial charge in [-0.3, -0.25) is 11.3 Å². The van der Waals surface area contributed by atoms with Crippen LogP contribution < -0.4 is 11.3 Å². The summed E-state index contributed by atoms with van der Waals surface area (Å²) >= 11 is 0. The molecule has 106 valence electrons. The molecule has 2 rings (SSSR count). The Bertz CT molecular complexity index is 560. The Morgan fingerprint density at radius 3 is 2.84 bits per heavy atom. The lowest BCUT2D eigenvalue weighted by Gasteiger charge is -2.21. The van der Waals surface area contributed by atoms with Crippen molar-refractivity contribution >= 4 is 9.84 Å². The molecule has 0 aliphatic carbocycles. The number of hydrogen-bond donors (Lipinski definition) is 2. The van der Waals surface area contributed by atoms with E-state index in [2.05, 4.69) is 5.43 Å². The first-order chi connectivity index (χ1) is 8.91. The smallest absolute Gasteiger partial charge is 0.150 e. The summed E-state index contributed by atoms with van der Waals surface area (Å²) < 4.78 is 36.2. The lowest BCUT2D eigenvalue weighted by molar-refractivity contribution is 0.418. The van der Waals surface area contributed by atoms with Crippen molar-refractivity contribution in [2.45, 2.75) is 25.8 Å². The van der Waals surface area contributed by atoms with Crippen LogP contribution in [0.1, 0.15) is 30.0 Å². The first-order valence-corrected chi connectivity index (χ1v) is 8.16. The third-order valence-corrected chi connectivity index (χ3v) is 5.55. The molecule has 4 nitrogen and oxygen atoms in total. The highest BCUT2D eigenvalue weighted by atomic mass is 32.2. The second-order valence-corrected chi connectivity index (χ2v) is 7.45. The summed E-state index contributed by atoms with van der Waals surface area (Å²) in [6.07, 6.45) is 1.27. The summed E-state index contributed by atoms with van der Waals surface area (Å²) in [7, 11) is -2.89. The summed E-state index contributed by atoms with van der Waals surface area (Å²) in [5.74, 6) is 5.79. The Morgan fingerprint density at radius 2 is 2.26 bits per heavy atom. The number of nitrogens with two attached hydrogens (primary N) is 1. The van der Waals surface area contributed by atoms with E-state index in [0.717, 1.165) is 11.1 Å². The summed E-state index contributed by atoms with van der Waals surface area (Å²) in [5.41, 5.74) is 4.43. The van der Waals surface area contributed by atoms with Crippen molar-refractivity contribution in [3.8, 4) is 0 Å². The first kappa shape index (κ1) is 14.4. The molecule has 1 fully saturated rings. The van der Waals surface area contributed by atoms with Crippen LogP contribution in [-0.4, -0.2) is 19.9 Å². The predicted molar refractivity (Wildman–Crippen MR) is 72.6 cm³/mol. The number of halogens is 1. The zero-order valence-corrected chi connectivity index (χ0v) is 11.7. The average molecular weight is 286 g/mol. The molecule has 1 saturated heterocycles. The van der Waals surface area contributed by atoms with Crippen molar-refractivity contribution in [2.24, 2.45) is 11.8 Å². The van der Waals surface area contributed by atoms with Gasteiger partial charge in [-0.1, -0.05) is 6.07 Å².